The molecule has 0 spiro atoms. The average Bonchev–Trinajstić information content (AvgIpc) is 3.74. The van der Waals surface area contributed by atoms with Crippen molar-refractivity contribution in [3.63, 3.8) is 0 Å². The van der Waals surface area contributed by atoms with Gasteiger partial charge in [0.15, 0.2) is 0 Å². The minimum atomic E-state index is -1.32. The summed E-state index contributed by atoms with van der Waals surface area (Å²) in [6, 6.07) is 12.2. The molecule has 2 unspecified atom stereocenters. The van der Waals surface area contributed by atoms with Crippen LogP contribution in [0.1, 0.15) is 108 Å². The third kappa shape index (κ3) is 8.78. The second kappa shape index (κ2) is 16.8. The zero-order valence-electron chi connectivity index (χ0n) is 29.9. The maximum absolute atomic E-state index is 14.0. The highest BCUT2D eigenvalue weighted by Gasteiger charge is 2.46. The van der Waals surface area contributed by atoms with Crippen LogP contribution in [0.4, 0.5) is 9.59 Å². The maximum Gasteiger partial charge on any atom is 0.435 e. The molecule has 0 saturated carbocycles. The first-order valence-electron chi connectivity index (χ1n) is 17.5. The van der Waals surface area contributed by atoms with Crippen molar-refractivity contribution in [2.75, 3.05) is 26.7 Å². The van der Waals surface area contributed by atoms with Gasteiger partial charge in [0.25, 0.3) is 5.91 Å². The fraction of sp³-hybridized carbons (Fsp3) is 0.541. The lowest BCUT2D eigenvalue weighted by molar-refractivity contribution is -0.141. The number of amides is 3. The molecule has 1 saturated heterocycles. The number of imidazole rings is 1. The lowest BCUT2D eigenvalue weighted by Gasteiger charge is -2.40. The third-order valence-electron chi connectivity index (χ3n) is 9.35. The second-order valence-corrected chi connectivity index (χ2v) is 13.3. The fourth-order valence-corrected chi connectivity index (χ4v) is 6.20. The predicted octanol–water partition coefficient (Wildman–Crippen LogP) is 6.14. The Morgan fingerprint density at radius 1 is 1.02 bits per heavy atom. The summed E-state index contributed by atoms with van der Waals surface area (Å²) < 4.78 is 12.6. The highest BCUT2D eigenvalue weighted by molar-refractivity contribution is 6.02. The summed E-state index contributed by atoms with van der Waals surface area (Å²) in [6.45, 7) is 9.11. The summed E-state index contributed by atoms with van der Waals surface area (Å²) in [5, 5.41) is 0. The lowest BCUT2D eigenvalue weighted by Crippen LogP contribution is -2.56. The van der Waals surface area contributed by atoms with Gasteiger partial charge in [-0.05, 0) is 63.3 Å². The molecule has 3 amide bonds. The van der Waals surface area contributed by atoms with Crippen LogP contribution in [0.15, 0.2) is 47.5 Å². The normalized spacial score (nSPS) is 15.3. The van der Waals surface area contributed by atoms with Crippen LogP contribution in [0.25, 0.3) is 11.0 Å². The Morgan fingerprint density at radius 2 is 1.67 bits per heavy atom. The first kappa shape index (κ1) is 37.4. The lowest BCUT2D eigenvalue weighted by atomic mass is 9.88. The van der Waals surface area contributed by atoms with E-state index in [1.165, 1.54) is 24.2 Å². The minimum Gasteiger partial charge on any atom is -0.448 e. The molecule has 12 heteroatoms. The van der Waals surface area contributed by atoms with Gasteiger partial charge in [0.2, 0.25) is 0 Å². The van der Waals surface area contributed by atoms with Crippen LogP contribution in [-0.4, -0.2) is 76.1 Å². The van der Waals surface area contributed by atoms with E-state index in [-0.39, 0.29) is 17.8 Å². The quantitative estimate of drug-likeness (QED) is 0.117. The van der Waals surface area contributed by atoms with Crippen molar-refractivity contribution in [2.45, 2.75) is 96.7 Å². The highest BCUT2D eigenvalue weighted by Crippen LogP contribution is 2.34. The van der Waals surface area contributed by atoms with E-state index in [1.807, 2.05) is 46.8 Å². The molecule has 49 heavy (non-hydrogen) atoms. The van der Waals surface area contributed by atoms with Crippen molar-refractivity contribution in [1.82, 2.24) is 19.4 Å². The number of benzene rings is 2. The van der Waals surface area contributed by atoms with Crippen molar-refractivity contribution in [2.24, 2.45) is 23.5 Å². The number of ether oxygens (including phenoxy) is 2. The zero-order valence-corrected chi connectivity index (χ0v) is 29.9. The molecule has 3 aromatic rings. The molecule has 0 radical (unpaired) electrons. The number of unbranched alkanes of at least 4 members (excludes halogenated alkanes) is 5. The monoisotopic (exact) mass is 675 g/mol. The van der Waals surface area contributed by atoms with Crippen LogP contribution in [0.5, 0.6) is 0 Å². The molecule has 2 aromatic carbocycles. The van der Waals surface area contributed by atoms with E-state index in [9.17, 15) is 14.4 Å². The Hall–Kier alpha value is -4.45. The van der Waals surface area contributed by atoms with Crippen LogP contribution in [-0.2, 0) is 26.9 Å². The molecule has 1 fully saturated rings. The minimum absolute atomic E-state index is 0.0668. The Kier molecular flexibility index (Phi) is 12.8. The number of likely N-dealkylation sites (N-methyl/N-ethyl adjacent to an activating group) is 1. The first-order chi connectivity index (χ1) is 23.4. The summed E-state index contributed by atoms with van der Waals surface area (Å²) >= 11 is 0. The molecular formula is C37H53N7O5. The van der Waals surface area contributed by atoms with Crippen LogP contribution in [0.2, 0.25) is 0 Å². The van der Waals surface area contributed by atoms with E-state index < -0.39 is 23.8 Å². The van der Waals surface area contributed by atoms with Gasteiger partial charge >= 0.3 is 12.2 Å². The molecule has 0 aliphatic carbocycles. The number of hydrogen-bond acceptors (Lipinski definition) is 7. The molecule has 4 N–H and O–H groups in total. The second-order valence-electron chi connectivity index (χ2n) is 13.3. The topological polar surface area (TPSA) is 158 Å². The van der Waals surface area contributed by atoms with Gasteiger partial charge in [0, 0.05) is 32.7 Å². The molecule has 0 bridgehead atoms. The number of carbonyl (C=O) groups excluding carboxylic acids is 3. The van der Waals surface area contributed by atoms with Crippen molar-refractivity contribution < 1.29 is 23.9 Å². The number of rotatable bonds is 14. The van der Waals surface area contributed by atoms with Gasteiger partial charge in [0.1, 0.15) is 17.2 Å². The number of likely N-dealkylation sites (tertiary alicyclic amines) is 1. The molecule has 2 heterocycles. The van der Waals surface area contributed by atoms with E-state index in [0.717, 1.165) is 43.2 Å². The predicted molar refractivity (Wildman–Crippen MR) is 191 cm³/mol. The smallest absolute Gasteiger partial charge is 0.435 e. The maximum atomic E-state index is 14.0. The summed E-state index contributed by atoms with van der Waals surface area (Å²) in [5.74, 6) is 0.520. The van der Waals surface area contributed by atoms with E-state index in [4.69, 9.17) is 25.9 Å². The molecule has 2 atom stereocenters. The standard InChI is InChI=1S/C37H53N7O5/c1-7-8-9-10-11-14-23-48-35(46)41-32(39)27-17-15-26(16-18-27)31(38)33-40-29-24-28(19-20-30(29)42(33)5)37(4,34(45)44-21-12-13-22-44)43(6)36(47)49-25(2)3/h15-20,24-25,31H,7-14,21-23,38H2,1-6H3,(H2,39,41,46). The Balaban J connectivity index is 1.52. The summed E-state index contributed by atoms with van der Waals surface area (Å²) in [7, 11) is 3.49. The molecule has 1 aliphatic rings. The molecule has 4 rings (SSSR count). The van der Waals surface area contributed by atoms with Gasteiger partial charge in [-0.1, -0.05) is 69.4 Å². The van der Waals surface area contributed by atoms with Crippen molar-refractivity contribution in [1.29, 1.82) is 0 Å². The number of nitrogens with zero attached hydrogens (tertiary/aromatic N) is 5. The fourth-order valence-electron chi connectivity index (χ4n) is 6.20. The van der Waals surface area contributed by atoms with E-state index in [2.05, 4.69) is 11.9 Å². The average molecular weight is 676 g/mol. The first-order valence-corrected chi connectivity index (χ1v) is 17.5. The number of hydrogen-bond donors (Lipinski definition) is 2. The van der Waals surface area contributed by atoms with Gasteiger partial charge in [-0.25, -0.2) is 14.6 Å². The van der Waals surface area contributed by atoms with Crippen LogP contribution in [0, 0.1) is 0 Å². The molecule has 266 valence electrons. The zero-order chi connectivity index (χ0) is 35.7. The van der Waals surface area contributed by atoms with Crippen LogP contribution in [0.3, 0.4) is 0 Å². The molecular weight excluding hydrogens is 622 g/mol. The number of amidine groups is 1. The van der Waals surface area contributed by atoms with Crippen LogP contribution < -0.4 is 11.5 Å². The number of carbonyl (C=O) groups is 3. The summed E-state index contributed by atoms with van der Waals surface area (Å²) in [5.41, 5.74) is 15.0. The number of aliphatic imine (C=N–C) groups is 1. The Bertz CT molecular complexity index is 1630. The summed E-state index contributed by atoms with van der Waals surface area (Å²) in [4.78, 5) is 51.3. The summed E-state index contributed by atoms with van der Waals surface area (Å²) in [6.07, 6.45) is 6.81. The van der Waals surface area contributed by atoms with Crippen molar-refractivity contribution in [3.8, 4) is 0 Å². The van der Waals surface area contributed by atoms with Gasteiger partial charge in [0.05, 0.1) is 29.8 Å². The number of aromatic nitrogens is 2. The number of fused-ring (bicyclic) bond motifs is 1. The Labute approximate surface area is 289 Å². The van der Waals surface area contributed by atoms with Gasteiger partial charge in [-0.3, -0.25) is 9.69 Å². The number of aryl methyl sites for hydroxylation is 1. The third-order valence-corrected chi connectivity index (χ3v) is 9.35. The Morgan fingerprint density at radius 3 is 2.33 bits per heavy atom. The van der Waals surface area contributed by atoms with Gasteiger partial charge < -0.3 is 30.4 Å². The van der Waals surface area contributed by atoms with E-state index in [1.54, 1.807) is 40.0 Å². The molecule has 1 aromatic heterocycles. The van der Waals surface area contributed by atoms with Gasteiger partial charge in [-0.2, -0.15) is 4.99 Å². The van der Waals surface area contributed by atoms with Crippen LogP contribution >= 0.6 is 0 Å². The van der Waals surface area contributed by atoms with E-state index >= 15 is 0 Å². The SMILES string of the molecule is CCCCCCCCOC(=O)/N=C(\N)c1ccc(C(N)c2nc3cc(C(C)(C(=O)N4CCCC4)N(C)C(=O)OC(C)C)ccc3n2C)cc1. The molecule has 1 aliphatic heterocycles. The largest absolute Gasteiger partial charge is 0.448 e. The molecule has 12 nitrogen and oxygen atoms in total. The van der Waals surface area contributed by atoms with Crippen molar-refractivity contribution >= 4 is 35.0 Å². The number of nitrogens with two attached hydrogens (primary N) is 2. The van der Waals surface area contributed by atoms with E-state index in [0.29, 0.717) is 42.2 Å². The highest BCUT2D eigenvalue weighted by atomic mass is 16.6. The van der Waals surface area contributed by atoms with Crippen molar-refractivity contribution in [3.05, 3.63) is 65.0 Å². The van der Waals surface area contributed by atoms with Gasteiger partial charge in [-0.15, -0.1) is 0 Å².